The van der Waals surface area contributed by atoms with Gasteiger partial charge in [-0.2, -0.15) is 0 Å². The highest BCUT2D eigenvalue weighted by Gasteiger charge is 2.47. The summed E-state index contributed by atoms with van der Waals surface area (Å²) in [6.07, 6.45) is 4.31. The Bertz CT molecular complexity index is 468. The van der Waals surface area contributed by atoms with Crippen molar-refractivity contribution in [2.45, 2.75) is 25.1 Å². The first-order valence-corrected chi connectivity index (χ1v) is 5.89. The third kappa shape index (κ3) is 1.67. The van der Waals surface area contributed by atoms with Crippen LogP contribution in [-0.2, 0) is 16.0 Å². The van der Waals surface area contributed by atoms with Crippen molar-refractivity contribution < 1.29 is 9.53 Å². The van der Waals surface area contributed by atoms with E-state index in [1.807, 2.05) is 36.1 Å². The summed E-state index contributed by atoms with van der Waals surface area (Å²) in [5, 5.41) is 0. The predicted molar refractivity (Wildman–Crippen MR) is 64.3 cm³/mol. The number of fused-ring (bicyclic) bond motifs is 1. The fourth-order valence-electron chi connectivity index (χ4n) is 2.64. The summed E-state index contributed by atoms with van der Waals surface area (Å²) in [4.78, 5) is 13.7. The molecule has 3 nitrogen and oxygen atoms in total. The molecule has 0 N–H and O–H groups in total. The number of nitrogens with zero attached hydrogens (tertiary/aromatic N) is 1. The molecule has 0 aliphatic carbocycles. The minimum atomic E-state index is -0.517. The lowest BCUT2D eigenvalue weighted by molar-refractivity contribution is -0.134. The topological polar surface area (TPSA) is 29.5 Å². The van der Waals surface area contributed by atoms with Crippen molar-refractivity contribution in [2.75, 3.05) is 6.61 Å². The van der Waals surface area contributed by atoms with Crippen LogP contribution in [0.3, 0.4) is 0 Å². The largest absolute Gasteiger partial charge is 0.350 e. The van der Waals surface area contributed by atoms with Gasteiger partial charge in [-0.1, -0.05) is 30.3 Å². The van der Waals surface area contributed by atoms with Gasteiger partial charge in [0.1, 0.15) is 0 Å². The Labute approximate surface area is 101 Å². The summed E-state index contributed by atoms with van der Waals surface area (Å²) in [5.41, 5.74) is 0.723. The van der Waals surface area contributed by atoms with E-state index >= 15 is 0 Å². The molecule has 2 heterocycles. The van der Waals surface area contributed by atoms with Crippen LogP contribution in [0.25, 0.3) is 0 Å². The Morgan fingerprint density at radius 1 is 1.41 bits per heavy atom. The van der Waals surface area contributed by atoms with Crippen molar-refractivity contribution in [1.29, 1.82) is 0 Å². The number of hydrogen-bond donors (Lipinski definition) is 0. The van der Waals surface area contributed by atoms with Crippen LogP contribution < -0.4 is 0 Å². The van der Waals surface area contributed by atoms with Crippen molar-refractivity contribution in [2.24, 2.45) is 0 Å². The molecule has 1 fully saturated rings. The second-order valence-electron chi connectivity index (χ2n) is 4.75. The van der Waals surface area contributed by atoms with Crippen LogP contribution in [0.2, 0.25) is 0 Å². The molecule has 2 aliphatic heterocycles. The van der Waals surface area contributed by atoms with E-state index in [0.717, 1.165) is 6.42 Å². The van der Waals surface area contributed by atoms with Crippen LogP contribution in [0.1, 0.15) is 12.5 Å². The van der Waals surface area contributed by atoms with E-state index in [2.05, 4.69) is 12.1 Å². The molecule has 0 saturated carbocycles. The number of amides is 1. The lowest BCUT2D eigenvalue weighted by Gasteiger charge is -2.29. The van der Waals surface area contributed by atoms with Crippen LogP contribution >= 0.6 is 0 Å². The number of rotatable bonds is 2. The number of carbonyl (C=O) groups excluding carboxylic acids is 1. The molecule has 0 bridgehead atoms. The summed E-state index contributed by atoms with van der Waals surface area (Å²) in [6.45, 7) is 2.56. The van der Waals surface area contributed by atoms with Gasteiger partial charge in [-0.3, -0.25) is 4.79 Å². The Balaban J connectivity index is 1.80. The first kappa shape index (κ1) is 10.5. The SMILES string of the molecule is C[C@]12C=CC(=O)N1[C@H](Cc1ccccc1)CO2. The Morgan fingerprint density at radius 3 is 2.94 bits per heavy atom. The Hall–Kier alpha value is -1.61. The summed E-state index contributed by atoms with van der Waals surface area (Å²) in [6, 6.07) is 10.4. The van der Waals surface area contributed by atoms with Crippen LogP contribution in [0.4, 0.5) is 0 Å². The van der Waals surface area contributed by atoms with Crippen molar-refractivity contribution in [3.63, 3.8) is 0 Å². The number of hydrogen-bond acceptors (Lipinski definition) is 2. The molecule has 1 saturated heterocycles. The molecule has 1 aromatic rings. The lowest BCUT2D eigenvalue weighted by Crippen LogP contribution is -2.44. The molecule has 3 rings (SSSR count). The van der Waals surface area contributed by atoms with Gasteiger partial charge in [0.25, 0.3) is 0 Å². The second kappa shape index (κ2) is 3.70. The molecular formula is C14H15NO2. The van der Waals surface area contributed by atoms with Crippen molar-refractivity contribution in [1.82, 2.24) is 4.90 Å². The maximum Gasteiger partial charge on any atom is 0.249 e. The molecule has 0 aromatic heterocycles. The fourth-order valence-corrected chi connectivity index (χ4v) is 2.64. The molecule has 0 radical (unpaired) electrons. The number of benzene rings is 1. The highest BCUT2D eigenvalue weighted by molar-refractivity contribution is 5.91. The minimum absolute atomic E-state index is 0.0610. The van der Waals surface area contributed by atoms with Crippen molar-refractivity contribution >= 4 is 5.91 Å². The molecule has 0 spiro atoms. The standard InChI is InChI=1S/C14H15NO2/c1-14-8-7-13(16)15(14)12(10-17-14)9-11-5-3-2-4-6-11/h2-8,12H,9-10H2,1H3/t12-,14+/m1/s1. The molecule has 0 unspecified atom stereocenters. The van der Waals surface area contributed by atoms with E-state index in [0.29, 0.717) is 6.61 Å². The molecule has 2 aliphatic rings. The number of carbonyl (C=O) groups is 1. The normalized spacial score (nSPS) is 31.0. The molecule has 3 heteroatoms. The maximum absolute atomic E-state index is 11.8. The van der Waals surface area contributed by atoms with Gasteiger partial charge < -0.3 is 9.64 Å². The van der Waals surface area contributed by atoms with Gasteiger partial charge in [-0.25, -0.2) is 0 Å². The second-order valence-corrected chi connectivity index (χ2v) is 4.75. The van der Waals surface area contributed by atoms with E-state index in [1.165, 1.54) is 5.56 Å². The monoisotopic (exact) mass is 229 g/mol. The summed E-state index contributed by atoms with van der Waals surface area (Å²) >= 11 is 0. The molecule has 1 aromatic carbocycles. The predicted octanol–water partition coefficient (Wildman–Crippen LogP) is 1.74. The van der Waals surface area contributed by atoms with E-state index in [1.54, 1.807) is 6.08 Å². The third-order valence-electron chi connectivity index (χ3n) is 3.50. The summed E-state index contributed by atoms with van der Waals surface area (Å²) in [5.74, 6) is 0.0610. The smallest absolute Gasteiger partial charge is 0.249 e. The average Bonchev–Trinajstić information content (AvgIpc) is 2.80. The highest BCUT2D eigenvalue weighted by atomic mass is 16.5. The molecule has 2 atom stereocenters. The molecule has 88 valence electrons. The van der Waals surface area contributed by atoms with E-state index in [9.17, 15) is 4.79 Å². The summed E-state index contributed by atoms with van der Waals surface area (Å²) < 4.78 is 5.74. The third-order valence-corrected chi connectivity index (χ3v) is 3.50. The van der Waals surface area contributed by atoms with E-state index in [4.69, 9.17) is 4.74 Å². The van der Waals surface area contributed by atoms with Crippen LogP contribution in [0.15, 0.2) is 42.5 Å². The van der Waals surface area contributed by atoms with Gasteiger partial charge >= 0.3 is 0 Å². The van der Waals surface area contributed by atoms with E-state index in [-0.39, 0.29) is 11.9 Å². The minimum Gasteiger partial charge on any atom is -0.350 e. The van der Waals surface area contributed by atoms with Gasteiger partial charge in [0, 0.05) is 6.08 Å². The Morgan fingerprint density at radius 2 is 2.18 bits per heavy atom. The van der Waals surface area contributed by atoms with Gasteiger partial charge in [-0.15, -0.1) is 0 Å². The van der Waals surface area contributed by atoms with Crippen molar-refractivity contribution in [3.05, 3.63) is 48.0 Å². The van der Waals surface area contributed by atoms with Crippen LogP contribution in [0.5, 0.6) is 0 Å². The summed E-state index contributed by atoms with van der Waals surface area (Å²) in [7, 11) is 0. The van der Waals surface area contributed by atoms with Crippen LogP contribution in [0, 0.1) is 0 Å². The van der Waals surface area contributed by atoms with Gasteiger partial charge in [-0.05, 0) is 25.0 Å². The first-order valence-electron chi connectivity index (χ1n) is 5.89. The van der Waals surface area contributed by atoms with Crippen LogP contribution in [-0.4, -0.2) is 29.2 Å². The quantitative estimate of drug-likeness (QED) is 0.773. The van der Waals surface area contributed by atoms with Gasteiger partial charge in [0.15, 0.2) is 5.72 Å². The van der Waals surface area contributed by atoms with Gasteiger partial charge in [0.2, 0.25) is 5.91 Å². The Kier molecular flexibility index (Phi) is 2.30. The average molecular weight is 229 g/mol. The van der Waals surface area contributed by atoms with E-state index < -0.39 is 5.72 Å². The maximum atomic E-state index is 11.8. The van der Waals surface area contributed by atoms with Gasteiger partial charge in [0.05, 0.1) is 12.6 Å². The molecule has 1 amide bonds. The zero-order chi connectivity index (χ0) is 11.9. The zero-order valence-electron chi connectivity index (χ0n) is 9.80. The number of ether oxygens (including phenoxy) is 1. The first-order chi connectivity index (χ1) is 8.19. The molecule has 17 heavy (non-hydrogen) atoms. The highest BCUT2D eigenvalue weighted by Crippen LogP contribution is 2.34. The van der Waals surface area contributed by atoms with Crippen molar-refractivity contribution in [3.8, 4) is 0 Å². The lowest BCUT2D eigenvalue weighted by atomic mass is 10.1. The fraction of sp³-hybridized carbons (Fsp3) is 0.357. The zero-order valence-corrected chi connectivity index (χ0v) is 9.80. The molecular weight excluding hydrogens is 214 g/mol.